The lowest BCUT2D eigenvalue weighted by atomic mass is 10.2. The zero-order valence-electron chi connectivity index (χ0n) is 19.0. The van der Waals surface area contributed by atoms with E-state index in [2.05, 4.69) is 10.3 Å². The third-order valence-corrected chi connectivity index (χ3v) is 5.85. The highest BCUT2D eigenvalue weighted by molar-refractivity contribution is 7.98. The number of hydrogen-bond donors (Lipinski definition) is 3. The van der Waals surface area contributed by atoms with Crippen LogP contribution in [-0.2, 0) is 11.3 Å². The largest absolute Gasteiger partial charge is 0.383 e. The molecule has 0 fully saturated rings. The molecule has 0 spiro atoms. The van der Waals surface area contributed by atoms with Crippen LogP contribution < -0.4 is 27.2 Å². The van der Waals surface area contributed by atoms with E-state index in [9.17, 15) is 14.4 Å². The zero-order chi connectivity index (χ0) is 24.0. The van der Waals surface area contributed by atoms with Crippen LogP contribution in [0.25, 0.3) is 0 Å². The van der Waals surface area contributed by atoms with Gasteiger partial charge in [0, 0.05) is 17.1 Å². The number of anilines is 3. The first-order valence-electron chi connectivity index (χ1n) is 10.7. The van der Waals surface area contributed by atoms with Gasteiger partial charge in [0.25, 0.3) is 5.56 Å². The van der Waals surface area contributed by atoms with E-state index in [4.69, 9.17) is 5.73 Å². The molecule has 0 saturated carbocycles. The number of hydrogen-bond acceptors (Lipinski definition) is 6. The highest BCUT2D eigenvalue weighted by Crippen LogP contribution is 2.25. The zero-order valence-corrected chi connectivity index (χ0v) is 19.8. The molecule has 2 aromatic carbocycles. The van der Waals surface area contributed by atoms with Gasteiger partial charge in [-0.25, -0.2) is 4.79 Å². The number of benzene rings is 2. The Morgan fingerprint density at radius 3 is 2.45 bits per heavy atom. The average Bonchev–Trinajstić information content (AvgIpc) is 2.80. The van der Waals surface area contributed by atoms with Crippen molar-refractivity contribution in [2.75, 3.05) is 35.3 Å². The van der Waals surface area contributed by atoms with E-state index < -0.39 is 11.2 Å². The van der Waals surface area contributed by atoms with E-state index in [1.165, 1.54) is 9.47 Å². The molecular formula is C24H29N5O3S. The first-order valence-corrected chi connectivity index (χ1v) is 11.9. The van der Waals surface area contributed by atoms with Crippen molar-refractivity contribution < 1.29 is 4.79 Å². The van der Waals surface area contributed by atoms with Gasteiger partial charge in [-0.3, -0.25) is 19.1 Å². The second-order valence-corrected chi connectivity index (χ2v) is 8.86. The van der Waals surface area contributed by atoms with Crippen LogP contribution in [0.5, 0.6) is 0 Å². The maximum absolute atomic E-state index is 13.3. The van der Waals surface area contributed by atoms with E-state index in [0.29, 0.717) is 0 Å². The summed E-state index contributed by atoms with van der Waals surface area (Å²) >= 11 is 1.57. The highest BCUT2D eigenvalue weighted by Gasteiger charge is 2.25. The summed E-state index contributed by atoms with van der Waals surface area (Å²) in [6, 6.07) is 17.0. The molecule has 0 bridgehead atoms. The normalized spacial score (nSPS) is 10.9. The van der Waals surface area contributed by atoms with Crippen molar-refractivity contribution in [2.45, 2.75) is 25.3 Å². The Labute approximate surface area is 196 Å². The number of nitrogens with zero attached hydrogens (tertiary/aromatic N) is 2. The number of para-hydroxylation sites is 1. The predicted molar refractivity (Wildman–Crippen MR) is 135 cm³/mol. The molecule has 0 atom stereocenters. The summed E-state index contributed by atoms with van der Waals surface area (Å²) in [5.74, 6) is -0.284. The summed E-state index contributed by atoms with van der Waals surface area (Å²) in [6.07, 6.45) is 1.96. The maximum atomic E-state index is 13.3. The molecule has 33 heavy (non-hydrogen) atoms. The van der Waals surface area contributed by atoms with Gasteiger partial charge < -0.3 is 16.0 Å². The van der Waals surface area contributed by atoms with Crippen LogP contribution in [0.15, 0.2) is 69.1 Å². The second-order valence-electron chi connectivity index (χ2n) is 8.02. The van der Waals surface area contributed by atoms with Crippen LogP contribution in [0.2, 0.25) is 0 Å². The molecule has 0 unspecified atom stereocenters. The molecule has 3 aromatic rings. The van der Waals surface area contributed by atoms with Gasteiger partial charge in [0.1, 0.15) is 5.82 Å². The fraction of sp³-hybridized carbons (Fsp3) is 0.292. The van der Waals surface area contributed by atoms with Crippen molar-refractivity contribution in [3.05, 3.63) is 81.0 Å². The Balaban J connectivity index is 1.96. The number of nitrogens with two attached hydrogens (primary N) is 1. The molecule has 174 valence electrons. The first-order chi connectivity index (χ1) is 15.8. The molecule has 9 heteroatoms. The quantitative estimate of drug-likeness (QED) is 0.417. The van der Waals surface area contributed by atoms with E-state index >= 15 is 0 Å². The van der Waals surface area contributed by atoms with Gasteiger partial charge in [-0.05, 0) is 29.9 Å². The fourth-order valence-corrected chi connectivity index (χ4v) is 4.08. The third-order valence-electron chi connectivity index (χ3n) is 5.05. The lowest BCUT2D eigenvalue weighted by Gasteiger charge is -2.26. The van der Waals surface area contributed by atoms with E-state index in [0.717, 1.165) is 16.1 Å². The summed E-state index contributed by atoms with van der Waals surface area (Å²) in [6.45, 7) is 4.32. The Bertz CT molecular complexity index is 1220. The van der Waals surface area contributed by atoms with E-state index in [-0.39, 0.29) is 43.0 Å². The standard InChI is InChI=1S/C24H29N5O3S/c1-16(2)14-28(20(30)13-26-18-11-7-8-12-19(18)33-3)21-22(25)29(24(32)27-23(21)31)15-17-9-5-4-6-10-17/h4-12,16,26H,13-15,25H2,1-3H3,(H,27,31,32). The average molecular weight is 468 g/mol. The summed E-state index contributed by atoms with van der Waals surface area (Å²) < 4.78 is 1.28. The molecule has 0 saturated heterocycles. The van der Waals surface area contributed by atoms with Gasteiger partial charge in [0.05, 0.1) is 13.1 Å². The number of aromatic nitrogens is 2. The molecule has 4 N–H and O–H groups in total. The molecule has 3 rings (SSSR count). The smallest absolute Gasteiger partial charge is 0.330 e. The van der Waals surface area contributed by atoms with Crippen molar-refractivity contribution in [3.63, 3.8) is 0 Å². The van der Waals surface area contributed by atoms with Gasteiger partial charge in [-0.2, -0.15) is 0 Å². The number of carbonyl (C=O) groups excluding carboxylic acids is 1. The van der Waals surface area contributed by atoms with Crippen molar-refractivity contribution in [1.82, 2.24) is 9.55 Å². The number of nitrogen functional groups attached to an aromatic ring is 1. The molecule has 1 heterocycles. The molecule has 0 aliphatic rings. The predicted octanol–water partition coefficient (Wildman–Crippen LogP) is 2.99. The van der Waals surface area contributed by atoms with Gasteiger partial charge in [-0.15, -0.1) is 11.8 Å². The van der Waals surface area contributed by atoms with Crippen LogP contribution in [-0.4, -0.2) is 34.8 Å². The SMILES string of the molecule is CSc1ccccc1NCC(=O)N(CC(C)C)c1c(N)n(Cc2ccccc2)c(=O)[nH]c1=O. The summed E-state index contributed by atoms with van der Waals surface area (Å²) in [7, 11) is 0. The minimum atomic E-state index is -0.680. The molecule has 0 aliphatic heterocycles. The van der Waals surface area contributed by atoms with Gasteiger partial charge >= 0.3 is 5.69 Å². The van der Waals surface area contributed by atoms with Crippen LogP contribution in [0, 0.1) is 5.92 Å². The Kier molecular flexibility index (Phi) is 8.00. The lowest BCUT2D eigenvalue weighted by Crippen LogP contribution is -2.44. The first kappa shape index (κ1) is 24.2. The topological polar surface area (TPSA) is 113 Å². The summed E-state index contributed by atoms with van der Waals surface area (Å²) in [5.41, 5.74) is 6.70. The molecule has 0 radical (unpaired) electrons. The van der Waals surface area contributed by atoms with Crippen LogP contribution >= 0.6 is 11.8 Å². The van der Waals surface area contributed by atoms with Gasteiger partial charge in [-0.1, -0.05) is 56.3 Å². The molecule has 8 nitrogen and oxygen atoms in total. The lowest BCUT2D eigenvalue weighted by molar-refractivity contribution is -0.117. The Morgan fingerprint density at radius 2 is 1.79 bits per heavy atom. The number of nitrogens with one attached hydrogen (secondary N) is 2. The number of H-pyrrole nitrogens is 1. The van der Waals surface area contributed by atoms with Gasteiger partial charge in [0.2, 0.25) is 5.91 Å². The van der Waals surface area contributed by atoms with Crippen molar-refractivity contribution in [3.8, 4) is 0 Å². The number of amides is 1. The molecule has 1 amide bonds. The molecular weight excluding hydrogens is 438 g/mol. The minimum absolute atomic E-state index is 0.0100. The number of aromatic amines is 1. The highest BCUT2D eigenvalue weighted by atomic mass is 32.2. The number of rotatable bonds is 9. The summed E-state index contributed by atoms with van der Waals surface area (Å²) in [5, 5.41) is 3.16. The fourth-order valence-electron chi connectivity index (χ4n) is 3.50. The van der Waals surface area contributed by atoms with Gasteiger partial charge in [0.15, 0.2) is 5.69 Å². The monoisotopic (exact) mass is 467 g/mol. The molecule has 1 aromatic heterocycles. The van der Waals surface area contributed by atoms with Crippen LogP contribution in [0.3, 0.4) is 0 Å². The third kappa shape index (κ3) is 5.87. The van der Waals surface area contributed by atoms with E-state index in [1.807, 2.05) is 74.7 Å². The van der Waals surface area contributed by atoms with Crippen LogP contribution in [0.4, 0.5) is 17.2 Å². The van der Waals surface area contributed by atoms with Crippen molar-refractivity contribution >= 4 is 34.9 Å². The molecule has 0 aliphatic carbocycles. The number of thioether (sulfide) groups is 1. The second kappa shape index (κ2) is 10.9. The van der Waals surface area contributed by atoms with Crippen molar-refractivity contribution in [2.24, 2.45) is 5.92 Å². The Hall–Kier alpha value is -3.46. The van der Waals surface area contributed by atoms with Crippen LogP contribution in [0.1, 0.15) is 19.4 Å². The number of carbonyl (C=O) groups is 1. The van der Waals surface area contributed by atoms with E-state index in [1.54, 1.807) is 11.8 Å². The van der Waals surface area contributed by atoms with Crippen molar-refractivity contribution in [1.29, 1.82) is 0 Å². The summed E-state index contributed by atoms with van der Waals surface area (Å²) in [4.78, 5) is 43.3. The Morgan fingerprint density at radius 1 is 1.12 bits per heavy atom. The minimum Gasteiger partial charge on any atom is -0.383 e. The maximum Gasteiger partial charge on any atom is 0.330 e.